The zero-order chi connectivity index (χ0) is 12.6. The van der Waals surface area contributed by atoms with Gasteiger partial charge in [0.05, 0.1) is 0 Å². The maximum Gasteiger partial charge on any atom is 0.0313 e. The second-order valence-electron chi connectivity index (χ2n) is 4.64. The lowest BCUT2D eigenvalue weighted by atomic mass is 10.1. The normalized spacial score (nSPS) is 10.5. The third-order valence-corrected chi connectivity index (χ3v) is 2.92. The predicted octanol–water partition coefficient (Wildman–Crippen LogP) is 3.11. The molecule has 1 N–H and O–H groups in total. The second-order valence-corrected chi connectivity index (χ2v) is 4.64. The van der Waals surface area contributed by atoms with Crippen LogP contribution in [0.2, 0.25) is 0 Å². The summed E-state index contributed by atoms with van der Waals surface area (Å²) in [6.07, 6.45) is 6.12. The van der Waals surface area contributed by atoms with Gasteiger partial charge in [0.25, 0.3) is 0 Å². The molecule has 0 unspecified atom stereocenters. The number of hydrogen-bond acceptors (Lipinski definition) is 2. The number of nitrogens with one attached hydrogen (secondary N) is 1. The van der Waals surface area contributed by atoms with Gasteiger partial charge in [-0.15, -0.1) is 0 Å². The summed E-state index contributed by atoms with van der Waals surface area (Å²) in [4.78, 5) is 4.19. The molecule has 94 valence electrons. The number of aromatic nitrogens is 1. The van der Waals surface area contributed by atoms with Crippen molar-refractivity contribution in [2.45, 2.75) is 26.3 Å². The molecule has 0 bridgehead atoms. The first-order valence-corrected chi connectivity index (χ1v) is 6.50. The van der Waals surface area contributed by atoms with Gasteiger partial charge in [0.1, 0.15) is 0 Å². The monoisotopic (exact) mass is 240 g/mol. The lowest BCUT2D eigenvalue weighted by Gasteiger charge is -2.05. The molecule has 2 rings (SSSR count). The van der Waals surface area contributed by atoms with E-state index in [1.807, 2.05) is 12.4 Å². The fourth-order valence-electron chi connectivity index (χ4n) is 2.01. The molecule has 0 fully saturated rings. The van der Waals surface area contributed by atoms with Crippen LogP contribution in [0.4, 0.5) is 0 Å². The topological polar surface area (TPSA) is 24.9 Å². The fourth-order valence-corrected chi connectivity index (χ4v) is 2.01. The fraction of sp³-hybridized carbons (Fsp3) is 0.312. The van der Waals surface area contributed by atoms with E-state index in [2.05, 4.69) is 53.6 Å². The predicted molar refractivity (Wildman–Crippen MR) is 75.4 cm³/mol. The molecular weight excluding hydrogens is 220 g/mol. The van der Waals surface area contributed by atoms with Crippen molar-refractivity contribution in [1.82, 2.24) is 10.3 Å². The van der Waals surface area contributed by atoms with Gasteiger partial charge >= 0.3 is 0 Å². The quantitative estimate of drug-likeness (QED) is 0.785. The third kappa shape index (κ3) is 4.30. The number of benzene rings is 1. The summed E-state index contributed by atoms with van der Waals surface area (Å²) in [6, 6.07) is 12.8. The van der Waals surface area contributed by atoms with Crippen molar-refractivity contribution < 1.29 is 0 Å². The molecule has 18 heavy (non-hydrogen) atoms. The van der Waals surface area contributed by atoms with Crippen molar-refractivity contribution in [3.05, 3.63) is 65.5 Å². The summed E-state index contributed by atoms with van der Waals surface area (Å²) < 4.78 is 0. The largest absolute Gasteiger partial charge is 0.313 e. The Kier molecular flexibility index (Phi) is 4.91. The number of hydrogen-bond donors (Lipinski definition) is 1. The zero-order valence-corrected chi connectivity index (χ0v) is 10.9. The Balaban J connectivity index is 1.65. The van der Waals surface area contributed by atoms with Gasteiger partial charge in [-0.2, -0.15) is 0 Å². The lowest BCUT2D eigenvalue weighted by molar-refractivity contribution is 0.648. The Labute approximate surface area is 109 Å². The molecule has 1 aromatic carbocycles. The maximum atomic E-state index is 4.19. The average molecular weight is 240 g/mol. The van der Waals surface area contributed by atoms with E-state index in [1.165, 1.54) is 23.1 Å². The smallest absolute Gasteiger partial charge is 0.0313 e. The van der Waals surface area contributed by atoms with Crippen LogP contribution in [0.25, 0.3) is 0 Å². The first-order chi connectivity index (χ1) is 8.84. The number of rotatable bonds is 6. The molecule has 0 aliphatic carbocycles. The van der Waals surface area contributed by atoms with E-state index in [9.17, 15) is 0 Å². The van der Waals surface area contributed by atoms with Crippen molar-refractivity contribution >= 4 is 0 Å². The van der Waals surface area contributed by atoms with Gasteiger partial charge < -0.3 is 5.32 Å². The molecule has 0 atom stereocenters. The van der Waals surface area contributed by atoms with Gasteiger partial charge in [-0.1, -0.05) is 36.4 Å². The molecule has 0 spiro atoms. The molecule has 2 aromatic rings. The van der Waals surface area contributed by atoms with Crippen molar-refractivity contribution in [2.24, 2.45) is 0 Å². The van der Waals surface area contributed by atoms with E-state index in [-0.39, 0.29) is 0 Å². The Morgan fingerprint density at radius 2 is 1.89 bits per heavy atom. The van der Waals surface area contributed by atoms with Crippen LogP contribution >= 0.6 is 0 Å². The van der Waals surface area contributed by atoms with E-state index >= 15 is 0 Å². The first-order valence-electron chi connectivity index (χ1n) is 6.50. The Morgan fingerprint density at radius 1 is 1.06 bits per heavy atom. The SMILES string of the molecule is Cc1cncc(CNCCCc2ccccc2)c1. The summed E-state index contributed by atoms with van der Waals surface area (Å²) in [6.45, 7) is 4.03. The van der Waals surface area contributed by atoms with Gasteiger partial charge in [0.15, 0.2) is 0 Å². The maximum absolute atomic E-state index is 4.19. The highest BCUT2D eigenvalue weighted by Crippen LogP contribution is 2.03. The van der Waals surface area contributed by atoms with Gasteiger partial charge in [-0.05, 0) is 43.0 Å². The van der Waals surface area contributed by atoms with Crippen LogP contribution in [0.1, 0.15) is 23.1 Å². The molecule has 0 radical (unpaired) electrons. The molecule has 0 aliphatic rings. The molecule has 1 heterocycles. The molecule has 0 aliphatic heterocycles. The minimum Gasteiger partial charge on any atom is -0.313 e. The standard InChI is InChI=1S/C16H20N2/c1-14-10-16(13-18-11-14)12-17-9-5-8-15-6-3-2-4-7-15/h2-4,6-7,10-11,13,17H,5,8-9,12H2,1H3. The van der Waals surface area contributed by atoms with Crippen LogP contribution < -0.4 is 5.32 Å². The molecule has 0 saturated carbocycles. The minimum absolute atomic E-state index is 0.906. The summed E-state index contributed by atoms with van der Waals surface area (Å²) >= 11 is 0. The van der Waals surface area contributed by atoms with Crippen molar-refractivity contribution in [2.75, 3.05) is 6.54 Å². The summed E-state index contributed by atoms with van der Waals surface area (Å²) in [5, 5.41) is 3.46. The molecule has 2 nitrogen and oxygen atoms in total. The van der Waals surface area contributed by atoms with E-state index in [1.54, 1.807) is 0 Å². The van der Waals surface area contributed by atoms with Crippen LogP contribution in [0.5, 0.6) is 0 Å². The number of aryl methyl sites for hydroxylation is 2. The number of nitrogens with zero attached hydrogens (tertiary/aromatic N) is 1. The Hall–Kier alpha value is -1.67. The first kappa shape index (κ1) is 12.8. The third-order valence-electron chi connectivity index (χ3n) is 2.92. The highest BCUT2D eigenvalue weighted by atomic mass is 14.8. The van der Waals surface area contributed by atoms with Crippen molar-refractivity contribution in [3.8, 4) is 0 Å². The zero-order valence-electron chi connectivity index (χ0n) is 10.9. The van der Waals surface area contributed by atoms with Crippen LogP contribution in [-0.4, -0.2) is 11.5 Å². The van der Waals surface area contributed by atoms with E-state index in [0.717, 1.165) is 19.5 Å². The van der Waals surface area contributed by atoms with E-state index < -0.39 is 0 Å². The van der Waals surface area contributed by atoms with E-state index in [0.29, 0.717) is 0 Å². The van der Waals surface area contributed by atoms with Gasteiger partial charge in [0.2, 0.25) is 0 Å². The van der Waals surface area contributed by atoms with Crippen molar-refractivity contribution in [1.29, 1.82) is 0 Å². The summed E-state index contributed by atoms with van der Waals surface area (Å²) in [5.74, 6) is 0. The van der Waals surface area contributed by atoms with Gasteiger partial charge in [0, 0.05) is 18.9 Å². The highest BCUT2D eigenvalue weighted by molar-refractivity contribution is 5.16. The van der Waals surface area contributed by atoms with Crippen LogP contribution in [-0.2, 0) is 13.0 Å². The van der Waals surface area contributed by atoms with Crippen LogP contribution in [0.15, 0.2) is 48.8 Å². The van der Waals surface area contributed by atoms with Gasteiger partial charge in [-0.25, -0.2) is 0 Å². The molecular formula is C16H20N2. The van der Waals surface area contributed by atoms with Crippen LogP contribution in [0, 0.1) is 6.92 Å². The van der Waals surface area contributed by atoms with E-state index in [4.69, 9.17) is 0 Å². The van der Waals surface area contributed by atoms with Gasteiger partial charge in [-0.3, -0.25) is 4.98 Å². The second kappa shape index (κ2) is 6.92. The lowest BCUT2D eigenvalue weighted by Crippen LogP contribution is -2.15. The Bertz CT molecular complexity index is 466. The summed E-state index contributed by atoms with van der Waals surface area (Å²) in [7, 11) is 0. The molecule has 2 heteroatoms. The molecule has 1 aromatic heterocycles. The van der Waals surface area contributed by atoms with Crippen molar-refractivity contribution in [3.63, 3.8) is 0 Å². The van der Waals surface area contributed by atoms with Crippen LogP contribution in [0.3, 0.4) is 0 Å². The number of pyridine rings is 1. The average Bonchev–Trinajstić information content (AvgIpc) is 2.40. The molecule has 0 saturated heterocycles. The summed E-state index contributed by atoms with van der Waals surface area (Å²) in [5.41, 5.74) is 3.89. The minimum atomic E-state index is 0.906. The highest BCUT2D eigenvalue weighted by Gasteiger charge is 1.95. The Morgan fingerprint density at radius 3 is 2.67 bits per heavy atom. The molecule has 0 amide bonds.